The predicted octanol–water partition coefficient (Wildman–Crippen LogP) is 2.47. The van der Waals surface area contributed by atoms with Crippen molar-refractivity contribution < 1.29 is 14.7 Å². The van der Waals surface area contributed by atoms with Gasteiger partial charge in [-0.1, -0.05) is 12.1 Å². The summed E-state index contributed by atoms with van der Waals surface area (Å²) in [6, 6.07) is 6.30. The summed E-state index contributed by atoms with van der Waals surface area (Å²) in [6.07, 6.45) is 4.77. The lowest BCUT2D eigenvalue weighted by Crippen LogP contribution is -2.36. The van der Waals surface area contributed by atoms with E-state index in [1.807, 2.05) is 17.0 Å². The monoisotopic (exact) mass is 343 g/mol. The molecule has 1 saturated heterocycles. The number of hydrogen-bond donors (Lipinski definition) is 2. The van der Waals surface area contributed by atoms with Crippen LogP contribution in [-0.2, 0) is 22.4 Å². The van der Waals surface area contributed by atoms with E-state index in [2.05, 4.69) is 16.4 Å². The van der Waals surface area contributed by atoms with Crippen molar-refractivity contribution >= 4 is 23.4 Å². The number of rotatable bonds is 6. The second-order valence-electron chi connectivity index (χ2n) is 6.81. The zero-order valence-electron chi connectivity index (χ0n) is 14.6. The number of fused-ring (bicyclic) bond motifs is 1. The van der Waals surface area contributed by atoms with Crippen LogP contribution in [0.25, 0.3) is 0 Å². The average molecular weight is 343 g/mol. The van der Waals surface area contributed by atoms with Crippen molar-refractivity contribution in [3.8, 4) is 0 Å². The highest BCUT2D eigenvalue weighted by Gasteiger charge is 2.28. The molecule has 0 unspecified atom stereocenters. The Hall–Kier alpha value is -2.37. The third-order valence-corrected chi connectivity index (χ3v) is 5.06. The molecule has 1 aromatic rings. The topological polar surface area (TPSA) is 82.0 Å². The first-order chi connectivity index (χ1) is 12.1. The lowest BCUT2D eigenvalue weighted by Gasteiger charge is -2.25. The van der Waals surface area contributed by atoms with Crippen molar-refractivity contribution in [3.63, 3.8) is 0 Å². The average Bonchev–Trinajstić information content (AvgIpc) is 3.20. The first-order valence-electron chi connectivity index (χ1n) is 8.92. The number of carbonyl (C=O) groups excluding carboxylic acids is 1. The minimum absolute atomic E-state index is 0.146. The lowest BCUT2D eigenvalue weighted by atomic mass is 10.0. The fourth-order valence-electron chi connectivity index (χ4n) is 3.77. The summed E-state index contributed by atoms with van der Waals surface area (Å²) in [6.45, 7) is 0.787. The molecule has 0 aliphatic carbocycles. The molecule has 3 rings (SSSR count). The molecule has 2 aliphatic rings. The van der Waals surface area contributed by atoms with Crippen LogP contribution in [0.4, 0.5) is 5.69 Å². The van der Waals surface area contributed by atoms with E-state index in [0.717, 1.165) is 49.3 Å². The van der Waals surface area contributed by atoms with Crippen LogP contribution < -0.4 is 5.32 Å². The van der Waals surface area contributed by atoms with Gasteiger partial charge in [0.25, 0.3) is 0 Å². The summed E-state index contributed by atoms with van der Waals surface area (Å²) in [5.74, 6) is 0.335. The summed E-state index contributed by atoms with van der Waals surface area (Å²) in [5.41, 5.74) is 3.29. The highest BCUT2D eigenvalue weighted by atomic mass is 16.4. The molecule has 134 valence electrons. The van der Waals surface area contributed by atoms with Gasteiger partial charge in [0.1, 0.15) is 5.84 Å². The zero-order chi connectivity index (χ0) is 17.8. The van der Waals surface area contributed by atoms with Crippen LogP contribution in [0.1, 0.15) is 43.2 Å². The van der Waals surface area contributed by atoms with E-state index in [1.165, 1.54) is 5.56 Å². The number of aliphatic carboxylic acids is 1. The van der Waals surface area contributed by atoms with E-state index in [4.69, 9.17) is 5.11 Å². The molecule has 2 N–H and O–H groups in total. The van der Waals surface area contributed by atoms with Gasteiger partial charge in [0.05, 0.1) is 6.42 Å². The van der Waals surface area contributed by atoms with E-state index in [-0.39, 0.29) is 18.4 Å². The Kier molecular flexibility index (Phi) is 5.36. The Morgan fingerprint density at radius 2 is 2.24 bits per heavy atom. The molecule has 1 amide bonds. The van der Waals surface area contributed by atoms with Gasteiger partial charge in [-0.3, -0.25) is 14.6 Å². The molecular formula is C19H25N3O3. The molecule has 1 fully saturated rings. The second-order valence-corrected chi connectivity index (χ2v) is 6.81. The molecule has 2 heterocycles. The van der Waals surface area contributed by atoms with Gasteiger partial charge < -0.3 is 15.3 Å². The van der Waals surface area contributed by atoms with Crippen molar-refractivity contribution in [3.05, 3.63) is 29.3 Å². The number of nitrogens with one attached hydrogen (secondary N) is 1. The first kappa shape index (κ1) is 17.5. The van der Waals surface area contributed by atoms with E-state index < -0.39 is 5.97 Å². The Labute approximate surface area is 147 Å². The van der Waals surface area contributed by atoms with Gasteiger partial charge in [0, 0.05) is 38.2 Å². The predicted molar refractivity (Wildman–Crippen MR) is 97.1 cm³/mol. The van der Waals surface area contributed by atoms with Gasteiger partial charge in [-0.15, -0.1) is 0 Å². The van der Waals surface area contributed by atoms with Crippen molar-refractivity contribution in [2.45, 2.75) is 51.0 Å². The van der Waals surface area contributed by atoms with Crippen molar-refractivity contribution in [2.75, 3.05) is 18.9 Å². The fraction of sp³-hybridized carbons (Fsp3) is 0.526. The van der Waals surface area contributed by atoms with E-state index in [1.54, 1.807) is 7.05 Å². The van der Waals surface area contributed by atoms with Crippen molar-refractivity contribution in [2.24, 2.45) is 4.99 Å². The Morgan fingerprint density at radius 1 is 1.40 bits per heavy atom. The Balaban J connectivity index is 1.59. The number of amides is 1. The quantitative estimate of drug-likeness (QED) is 0.831. The number of benzene rings is 1. The summed E-state index contributed by atoms with van der Waals surface area (Å²) in [5, 5.41) is 12.0. The van der Waals surface area contributed by atoms with Gasteiger partial charge in [0.2, 0.25) is 5.91 Å². The van der Waals surface area contributed by atoms with Crippen molar-refractivity contribution in [1.29, 1.82) is 0 Å². The van der Waals surface area contributed by atoms with Gasteiger partial charge in [-0.05, 0) is 42.9 Å². The third kappa shape index (κ3) is 4.18. The summed E-state index contributed by atoms with van der Waals surface area (Å²) in [4.78, 5) is 29.5. The molecule has 2 aliphatic heterocycles. The maximum Gasteiger partial charge on any atom is 0.303 e. The maximum absolute atomic E-state index is 12.7. The van der Waals surface area contributed by atoms with E-state index in [0.29, 0.717) is 12.8 Å². The number of carboxylic acid groups (broad SMARTS) is 1. The van der Waals surface area contributed by atoms with Crippen molar-refractivity contribution in [1.82, 2.24) is 4.90 Å². The summed E-state index contributed by atoms with van der Waals surface area (Å²) < 4.78 is 0. The molecule has 6 nitrogen and oxygen atoms in total. The summed E-state index contributed by atoms with van der Waals surface area (Å²) >= 11 is 0. The minimum Gasteiger partial charge on any atom is -0.481 e. The smallest absolute Gasteiger partial charge is 0.303 e. The molecule has 1 aromatic carbocycles. The molecule has 0 aromatic heterocycles. The third-order valence-electron chi connectivity index (χ3n) is 5.06. The normalized spacial score (nSPS) is 20.6. The number of anilines is 1. The molecule has 0 saturated carbocycles. The summed E-state index contributed by atoms with van der Waals surface area (Å²) in [7, 11) is 1.77. The molecule has 0 spiro atoms. The highest BCUT2D eigenvalue weighted by molar-refractivity contribution is 6.03. The number of hydrogen-bond acceptors (Lipinski definition) is 3. The standard InChI is InChI=1S/C19H25N3O3/c1-20-17-12-14-10-13(7-8-16(14)21-17)11-18(23)22-9-3-5-15(22)4-2-6-19(24)25/h7-8,10,15H,2-6,9,11-12H2,1H3,(H,20,21)(H,24,25)/t15-/m1/s1. The number of nitrogens with zero attached hydrogens (tertiary/aromatic N) is 2. The van der Waals surface area contributed by atoms with Crippen LogP contribution in [0, 0.1) is 0 Å². The minimum atomic E-state index is -0.766. The van der Waals surface area contributed by atoms with E-state index in [9.17, 15) is 9.59 Å². The Bertz CT molecular complexity index is 699. The SMILES string of the molecule is CN=C1Cc2cc(CC(=O)N3CCC[C@H]3CCCC(=O)O)ccc2N1. The molecule has 1 atom stereocenters. The molecule has 0 radical (unpaired) electrons. The largest absolute Gasteiger partial charge is 0.481 e. The van der Waals surface area contributed by atoms with Crippen LogP contribution in [0.5, 0.6) is 0 Å². The van der Waals surface area contributed by atoms with Gasteiger partial charge >= 0.3 is 5.97 Å². The van der Waals surface area contributed by atoms with Gasteiger partial charge in [0.15, 0.2) is 0 Å². The number of amidine groups is 1. The maximum atomic E-state index is 12.7. The van der Waals surface area contributed by atoms with Gasteiger partial charge in [-0.25, -0.2) is 0 Å². The first-order valence-corrected chi connectivity index (χ1v) is 8.92. The van der Waals surface area contributed by atoms with E-state index >= 15 is 0 Å². The second kappa shape index (κ2) is 7.68. The number of likely N-dealkylation sites (tertiary alicyclic amines) is 1. The number of aliphatic imine (C=N–C) groups is 1. The molecule has 25 heavy (non-hydrogen) atoms. The van der Waals surface area contributed by atoms with Crippen LogP contribution in [-0.4, -0.2) is 47.4 Å². The van der Waals surface area contributed by atoms with Crippen LogP contribution in [0.3, 0.4) is 0 Å². The Morgan fingerprint density at radius 3 is 3.00 bits per heavy atom. The highest BCUT2D eigenvalue weighted by Crippen LogP contribution is 2.26. The number of carbonyl (C=O) groups is 2. The molecule has 6 heteroatoms. The zero-order valence-corrected chi connectivity index (χ0v) is 14.6. The number of carboxylic acids is 1. The lowest BCUT2D eigenvalue weighted by molar-refractivity contribution is -0.137. The molecular weight excluding hydrogens is 318 g/mol. The molecule has 0 bridgehead atoms. The van der Waals surface area contributed by atoms with Crippen LogP contribution in [0.15, 0.2) is 23.2 Å². The van der Waals surface area contributed by atoms with Gasteiger partial charge in [-0.2, -0.15) is 0 Å². The van der Waals surface area contributed by atoms with Crippen LogP contribution >= 0.6 is 0 Å². The fourth-order valence-corrected chi connectivity index (χ4v) is 3.77. The van der Waals surface area contributed by atoms with Crippen LogP contribution in [0.2, 0.25) is 0 Å².